The maximum absolute atomic E-state index is 13.1. The molecule has 0 heterocycles. The molecule has 5 heteroatoms. The van der Waals surface area contributed by atoms with Crippen LogP contribution in [0.2, 0.25) is 0 Å². The Morgan fingerprint density at radius 3 is 2.57 bits per heavy atom. The van der Waals surface area contributed by atoms with E-state index in [9.17, 15) is 4.39 Å². The molecule has 0 aliphatic rings. The molecule has 0 fully saturated rings. The fraction of sp³-hybridized carbons (Fsp3) is 0.250. The van der Waals surface area contributed by atoms with Gasteiger partial charge < -0.3 is 14.8 Å². The first kappa shape index (κ1) is 15.8. The Morgan fingerprint density at radius 1 is 1.14 bits per heavy atom. The molecule has 0 saturated carbocycles. The predicted octanol–water partition coefficient (Wildman–Crippen LogP) is 3.90. The van der Waals surface area contributed by atoms with Gasteiger partial charge in [-0.05, 0) is 25.2 Å². The first-order chi connectivity index (χ1) is 10.1. The minimum Gasteiger partial charge on any atom is -0.497 e. The summed E-state index contributed by atoms with van der Waals surface area (Å²) in [6.45, 7) is 1.05. The molecule has 2 rings (SSSR count). The first-order valence-corrected chi connectivity index (χ1v) is 7.31. The Labute approximate surface area is 132 Å². The van der Waals surface area contributed by atoms with E-state index in [1.54, 1.807) is 13.2 Å². The average Bonchev–Trinajstić information content (AvgIpc) is 2.48. The SMILES string of the molecule is CNCc1ccc(OC)cc1OCc1ccc(F)cc1Br. The van der Waals surface area contributed by atoms with Crippen molar-refractivity contribution in [3.8, 4) is 11.5 Å². The van der Waals surface area contributed by atoms with Crippen molar-refractivity contribution in [3.63, 3.8) is 0 Å². The minimum absolute atomic E-state index is 0.275. The van der Waals surface area contributed by atoms with Crippen LogP contribution in [0.25, 0.3) is 0 Å². The third-order valence-corrected chi connectivity index (χ3v) is 3.78. The molecule has 21 heavy (non-hydrogen) atoms. The molecule has 0 saturated heterocycles. The van der Waals surface area contributed by atoms with E-state index in [0.717, 1.165) is 22.6 Å². The zero-order chi connectivity index (χ0) is 15.2. The van der Waals surface area contributed by atoms with Gasteiger partial charge >= 0.3 is 0 Å². The van der Waals surface area contributed by atoms with Crippen LogP contribution in [-0.4, -0.2) is 14.2 Å². The van der Waals surface area contributed by atoms with Crippen LogP contribution in [0.4, 0.5) is 4.39 Å². The lowest BCUT2D eigenvalue weighted by atomic mass is 10.2. The molecular formula is C16H17BrFNO2. The summed E-state index contributed by atoms with van der Waals surface area (Å²) in [4.78, 5) is 0. The zero-order valence-electron chi connectivity index (χ0n) is 12.0. The first-order valence-electron chi connectivity index (χ1n) is 6.52. The number of halogens is 2. The molecule has 1 N–H and O–H groups in total. The fourth-order valence-corrected chi connectivity index (χ4v) is 2.39. The van der Waals surface area contributed by atoms with Crippen molar-refractivity contribution in [2.24, 2.45) is 0 Å². The predicted molar refractivity (Wildman–Crippen MR) is 84.2 cm³/mol. The topological polar surface area (TPSA) is 30.5 Å². The van der Waals surface area contributed by atoms with Crippen LogP contribution in [0.1, 0.15) is 11.1 Å². The Balaban J connectivity index is 2.17. The van der Waals surface area contributed by atoms with E-state index in [2.05, 4.69) is 21.2 Å². The third-order valence-electron chi connectivity index (χ3n) is 3.04. The monoisotopic (exact) mass is 353 g/mol. The molecule has 0 aliphatic heterocycles. The van der Waals surface area contributed by atoms with Crippen molar-refractivity contribution >= 4 is 15.9 Å². The van der Waals surface area contributed by atoms with Crippen molar-refractivity contribution < 1.29 is 13.9 Å². The van der Waals surface area contributed by atoms with Crippen molar-refractivity contribution in [3.05, 3.63) is 57.8 Å². The van der Waals surface area contributed by atoms with E-state index in [4.69, 9.17) is 9.47 Å². The fourth-order valence-electron chi connectivity index (χ4n) is 1.93. The standard InChI is InChI=1S/C16H17BrFNO2/c1-19-9-11-4-6-14(20-2)8-16(11)21-10-12-3-5-13(18)7-15(12)17/h3-8,19H,9-10H2,1-2H3. The van der Waals surface area contributed by atoms with Gasteiger partial charge in [0.1, 0.15) is 23.9 Å². The summed E-state index contributed by atoms with van der Waals surface area (Å²) in [5.41, 5.74) is 1.92. The number of hydrogen-bond donors (Lipinski definition) is 1. The Bertz CT molecular complexity index is 619. The van der Waals surface area contributed by atoms with Crippen molar-refractivity contribution in [2.45, 2.75) is 13.2 Å². The van der Waals surface area contributed by atoms with Gasteiger partial charge in [0.2, 0.25) is 0 Å². The lowest BCUT2D eigenvalue weighted by molar-refractivity contribution is 0.299. The van der Waals surface area contributed by atoms with Gasteiger partial charge in [-0.25, -0.2) is 4.39 Å². The van der Waals surface area contributed by atoms with Crippen molar-refractivity contribution in [2.75, 3.05) is 14.2 Å². The molecule has 0 unspecified atom stereocenters. The molecule has 0 aliphatic carbocycles. The van der Waals surface area contributed by atoms with Crippen LogP contribution in [0.5, 0.6) is 11.5 Å². The number of nitrogens with one attached hydrogen (secondary N) is 1. The van der Waals surface area contributed by atoms with Gasteiger partial charge in [-0.2, -0.15) is 0 Å². The van der Waals surface area contributed by atoms with E-state index >= 15 is 0 Å². The van der Waals surface area contributed by atoms with Crippen molar-refractivity contribution in [1.29, 1.82) is 0 Å². The van der Waals surface area contributed by atoms with Gasteiger partial charge in [-0.1, -0.05) is 28.1 Å². The van der Waals surface area contributed by atoms with Crippen LogP contribution < -0.4 is 14.8 Å². The lowest BCUT2D eigenvalue weighted by Crippen LogP contribution is -2.08. The highest BCUT2D eigenvalue weighted by Gasteiger charge is 2.08. The Morgan fingerprint density at radius 2 is 1.90 bits per heavy atom. The molecule has 112 valence electrons. The van der Waals surface area contributed by atoms with E-state index in [0.29, 0.717) is 17.6 Å². The number of rotatable bonds is 6. The molecule has 2 aromatic rings. The number of hydrogen-bond acceptors (Lipinski definition) is 3. The van der Waals surface area contributed by atoms with E-state index in [1.807, 2.05) is 25.2 Å². The number of benzene rings is 2. The smallest absolute Gasteiger partial charge is 0.127 e. The highest BCUT2D eigenvalue weighted by Crippen LogP contribution is 2.27. The van der Waals surface area contributed by atoms with Gasteiger partial charge in [-0.15, -0.1) is 0 Å². The van der Waals surface area contributed by atoms with E-state index in [1.165, 1.54) is 12.1 Å². The summed E-state index contributed by atoms with van der Waals surface area (Å²) in [6.07, 6.45) is 0. The van der Waals surface area contributed by atoms with Gasteiger partial charge in [0.15, 0.2) is 0 Å². The van der Waals surface area contributed by atoms with Gasteiger partial charge in [-0.3, -0.25) is 0 Å². The van der Waals surface area contributed by atoms with Crippen LogP contribution >= 0.6 is 15.9 Å². The quantitative estimate of drug-likeness (QED) is 0.854. The largest absolute Gasteiger partial charge is 0.497 e. The third kappa shape index (κ3) is 4.19. The maximum Gasteiger partial charge on any atom is 0.127 e. The molecule has 0 radical (unpaired) electrons. The molecule has 0 aromatic heterocycles. The number of methoxy groups -OCH3 is 1. The van der Waals surface area contributed by atoms with Gasteiger partial charge in [0.25, 0.3) is 0 Å². The van der Waals surface area contributed by atoms with Crippen molar-refractivity contribution in [1.82, 2.24) is 5.32 Å². The lowest BCUT2D eigenvalue weighted by Gasteiger charge is -2.13. The summed E-state index contributed by atoms with van der Waals surface area (Å²) in [7, 11) is 3.50. The summed E-state index contributed by atoms with van der Waals surface area (Å²) in [6, 6.07) is 10.3. The Kier molecular flexibility index (Phi) is 5.59. The van der Waals surface area contributed by atoms with E-state index in [-0.39, 0.29) is 5.82 Å². The second-order valence-electron chi connectivity index (χ2n) is 4.53. The van der Waals surface area contributed by atoms with E-state index < -0.39 is 0 Å². The zero-order valence-corrected chi connectivity index (χ0v) is 13.5. The summed E-state index contributed by atoms with van der Waals surface area (Å²) < 4.78 is 24.9. The molecule has 2 aromatic carbocycles. The highest BCUT2D eigenvalue weighted by atomic mass is 79.9. The normalized spacial score (nSPS) is 10.5. The van der Waals surface area contributed by atoms with Gasteiger partial charge in [0.05, 0.1) is 7.11 Å². The Hall–Kier alpha value is -1.59. The summed E-state index contributed by atoms with van der Waals surface area (Å²) in [5.74, 6) is 1.21. The molecule has 0 atom stereocenters. The van der Waals surface area contributed by atoms with Crippen LogP contribution in [0.3, 0.4) is 0 Å². The average molecular weight is 354 g/mol. The van der Waals surface area contributed by atoms with Gasteiger partial charge in [0, 0.05) is 28.2 Å². The molecule has 3 nitrogen and oxygen atoms in total. The maximum atomic E-state index is 13.1. The second-order valence-corrected chi connectivity index (χ2v) is 5.38. The highest BCUT2D eigenvalue weighted by molar-refractivity contribution is 9.10. The van der Waals surface area contributed by atoms with Crippen LogP contribution in [0.15, 0.2) is 40.9 Å². The number of ether oxygens (including phenoxy) is 2. The second kappa shape index (κ2) is 7.43. The van der Waals surface area contributed by atoms with Crippen LogP contribution in [0, 0.1) is 5.82 Å². The molecule has 0 bridgehead atoms. The molecule has 0 amide bonds. The summed E-state index contributed by atoms with van der Waals surface area (Å²) >= 11 is 3.34. The van der Waals surface area contributed by atoms with Crippen LogP contribution in [-0.2, 0) is 13.2 Å². The molecule has 0 spiro atoms. The minimum atomic E-state index is -0.275. The molecular weight excluding hydrogens is 337 g/mol. The summed E-state index contributed by atoms with van der Waals surface area (Å²) in [5, 5.41) is 3.10.